The van der Waals surface area contributed by atoms with Crippen molar-refractivity contribution in [3.63, 3.8) is 0 Å². The SMILES string of the molecule is Cc1cccnc1C(=O)NCCCCCO. The van der Waals surface area contributed by atoms with Crippen LogP contribution in [0.3, 0.4) is 0 Å². The van der Waals surface area contributed by atoms with Crippen LogP contribution in [-0.2, 0) is 0 Å². The van der Waals surface area contributed by atoms with Gasteiger partial charge in [-0.2, -0.15) is 0 Å². The van der Waals surface area contributed by atoms with E-state index in [1.165, 1.54) is 0 Å². The van der Waals surface area contributed by atoms with Gasteiger partial charge in [-0.25, -0.2) is 0 Å². The van der Waals surface area contributed by atoms with Gasteiger partial charge in [0.2, 0.25) is 0 Å². The molecule has 0 aliphatic heterocycles. The molecule has 0 aliphatic rings. The number of aromatic nitrogens is 1. The van der Waals surface area contributed by atoms with Crippen LogP contribution in [0.15, 0.2) is 18.3 Å². The van der Waals surface area contributed by atoms with Gasteiger partial charge in [0.25, 0.3) is 5.91 Å². The van der Waals surface area contributed by atoms with Crippen molar-refractivity contribution in [2.75, 3.05) is 13.2 Å². The molecular formula is C12H18N2O2. The van der Waals surface area contributed by atoms with Crippen molar-refractivity contribution in [3.05, 3.63) is 29.6 Å². The largest absolute Gasteiger partial charge is 0.396 e. The minimum absolute atomic E-state index is 0.123. The molecule has 0 atom stereocenters. The monoisotopic (exact) mass is 222 g/mol. The topological polar surface area (TPSA) is 62.2 Å². The fourth-order valence-electron chi connectivity index (χ4n) is 1.42. The first-order valence-corrected chi connectivity index (χ1v) is 5.56. The number of rotatable bonds is 6. The third kappa shape index (κ3) is 3.98. The van der Waals surface area contributed by atoms with E-state index >= 15 is 0 Å². The highest BCUT2D eigenvalue weighted by molar-refractivity contribution is 5.93. The maximum absolute atomic E-state index is 11.7. The molecule has 0 bridgehead atoms. The minimum atomic E-state index is -0.123. The Bertz CT molecular complexity index is 340. The lowest BCUT2D eigenvalue weighted by Gasteiger charge is -2.05. The van der Waals surface area contributed by atoms with E-state index in [-0.39, 0.29) is 12.5 Å². The molecular weight excluding hydrogens is 204 g/mol. The first-order chi connectivity index (χ1) is 7.75. The summed E-state index contributed by atoms with van der Waals surface area (Å²) in [6.07, 6.45) is 4.22. The summed E-state index contributed by atoms with van der Waals surface area (Å²) in [7, 11) is 0. The minimum Gasteiger partial charge on any atom is -0.396 e. The number of carbonyl (C=O) groups excluding carboxylic acids is 1. The van der Waals surface area contributed by atoms with E-state index < -0.39 is 0 Å². The Morgan fingerprint density at radius 1 is 1.44 bits per heavy atom. The van der Waals surface area contributed by atoms with Crippen molar-refractivity contribution >= 4 is 5.91 Å². The van der Waals surface area contributed by atoms with Crippen LogP contribution in [0, 0.1) is 6.92 Å². The van der Waals surface area contributed by atoms with Gasteiger partial charge in [-0.3, -0.25) is 9.78 Å². The van der Waals surface area contributed by atoms with Gasteiger partial charge in [0, 0.05) is 19.3 Å². The van der Waals surface area contributed by atoms with Crippen LogP contribution in [0.2, 0.25) is 0 Å². The summed E-state index contributed by atoms with van der Waals surface area (Å²) in [5, 5.41) is 11.4. The highest BCUT2D eigenvalue weighted by Crippen LogP contribution is 2.02. The summed E-state index contributed by atoms with van der Waals surface area (Å²) in [5.41, 5.74) is 1.38. The molecule has 0 spiro atoms. The van der Waals surface area contributed by atoms with Crippen molar-refractivity contribution in [1.29, 1.82) is 0 Å². The summed E-state index contributed by atoms with van der Waals surface area (Å²) in [4.78, 5) is 15.7. The van der Waals surface area contributed by atoms with E-state index in [1.807, 2.05) is 19.1 Å². The molecule has 88 valence electrons. The first kappa shape index (κ1) is 12.6. The van der Waals surface area contributed by atoms with E-state index in [1.54, 1.807) is 6.20 Å². The highest BCUT2D eigenvalue weighted by Gasteiger charge is 2.08. The molecule has 0 fully saturated rings. The van der Waals surface area contributed by atoms with Gasteiger partial charge in [0.15, 0.2) is 0 Å². The molecule has 0 saturated carbocycles. The molecule has 4 heteroatoms. The third-order valence-corrected chi connectivity index (χ3v) is 2.34. The van der Waals surface area contributed by atoms with Crippen molar-refractivity contribution in [2.45, 2.75) is 26.2 Å². The van der Waals surface area contributed by atoms with Crippen LogP contribution in [0.4, 0.5) is 0 Å². The fourth-order valence-corrected chi connectivity index (χ4v) is 1.42. The van der Waals surface area contributed by atoms with Crippen LogP contribution in [0.1, 0.15) is 35.3 Å². The van der Waals surface area contributed by atoms with Gasteiger partial charge in [-0.05, 0) is 37.8 Å². The molecule has 0 aromatic carbocycles. The average molecular weight is 222 g/mol. The van der Waals surface area contributed by atoms with Crippen LogP contribution < -0.4 is 5.32 Å². The summed E-state index contributed by atoms with van der Waals surface area (Å²) in [6, 6.07) is 3.68. The number of hydrogen-bond donors (Lipinski definition) is 2. The Morgan fingerprint density at radius 3 is 2.94 bits per heavy atom. The standard InChI is InChI=1S/C12H18N2O2/c1-10-6-5-8-13-11(10)12(16)14-7-3-2-4-9-15/h5-6,8,15H,2-4,7,9H2,1H3,(H,14,16). The summed E-state index contributed by atoms with van der Waals surface area (Å²) in [5.74, 6) is -0.123. The van der Waals surface area contributed by atoms with E-state index in [0.717, 1.165) is 24.8 Å². The van der Waals surface area contributed by atoms with Crippen LogP contribution in [0.5, 0.6) is 0 Å². The number of amides is 1. The van der Waals surface area contributed by atoms with E-state index in [2.05, 4.69) is 10.3 Å². The smallest absolute Gasteiger partial charge is 0.270 e. The second kappa shape index (κ2) is 6.95. The number of carbonyl (C=O) groups is 1. The molecule has 1 rings (SSSR count). The molecule has 0 radical (unpaired) electrons. The molecule has 1 amide bonds. The van der Waals surface area contributed by atoms with E-state index in [4.69, 9.17) is 5.11 Å². The average Bonchev–Trinajstić information content (AvgIpc) is 2.29. The molecule has 1 aromatic rings. The predicted molar refractivity (Wildman–Crippen MR) is 62.2 cm³/mol. The second-order valence-corrected chi connectivity index (χ2v) is 3.71. The predicted octanol–water partition coefficient (Wildman–Crippen LogP) is 1.28. The Labute approximate surface area is 95.7 Å². The molecule has 0 saturated heterocycles. The molecule has 2 N–H and O–H groups in total. The van der Waals surface area contributed by atoms with Crippen molar-refractivity contribution in [3.8, 4) is 0 Å². The molecule has 1 aromatic heterocycles. The Kier molecular flexibility index (Phi) is 5.50. The van der Waals surface area contributed by atoms with Gasteiger partial charge in [0.1, 0.15) is 5.69 Å². The van der Waals surface area contributed by atoms with Gasteiger partial charge in [0.05, 0.1) is 0 Å². The quantitative estimate of drug-likeness (QED) is 0.713. The van der Waals surface area contributed by atoms with Gasteiger partial charge in [-0.15, -0.1) is 0 Å². The molecule has 0 aliphatic carbocycles. The van der Waals surface area contributed by atoms with Crippen LogP contribution >= 0.6 is 0 Å². The maximum atomic E-state index is 11.7. The van der Waals surface area contributed by atoms with Gasteiger partial charge < -0.3 is 10.4 Å². The van der Waals surface area contributed by atoms with Crippen molar-refractivity contribution in [2.24, 2.45) is 0 Å². The summed E-state index contributed by atoms with van der Waals surface area (Å²) in [6.45, 7) is 2.72. The van der Waals surface area contributed by atoms with E-state index in [0.29, 0.717) is 12.2 Å². The molecule has 16 heavy (non-hydrogen) atoms. The second-order valence-electron chi connectivity index (χ2n) is 3.71. The number of nitrogens with one attached hydrogen (secondary N) is 1. The van der Waals surface area contributed by atoms with E-state index in [9.17, 15) is 4.79 Å². The van der Waals surface area contributed by atoms with Gasteiger partial charge >= 0.3 is 0 Å². The zero-order chi connectivity index (χ0) is 11.8. The maximum Gasteiger partial charge on any atom is 0.270 e. The van der Waals surface area contributed by atoms with Crippen LogP contribution in [0.25, 0.3) is 0 Å². The zero-order valence-corrected chi connectivity index (χ0v) is 9.57. The van der Waals surface area contributed by atoms with Gasteiger partial charge in [-0.1, -0.05) is 6.07 Å². The lowest BCUT2D eigenvalue weighted by atomic mass is 10.2. The Hall–Kier alpha value is -1.42. The number of aliphatic hydroxyl groups is 1. The number of pyridine rings is 1. The van der Waals surface area contributed by atoms with Crippen molar-refractivity contribution in [1.82, 2.24) is 10.3 Å². The lowest BCUT2D eigenvalue weighted by Crippen LogP contribution is -2.26. The molecule has 0 unspecified atom stereocenters. The summed E-state index contributed by atoms with van der Waals surface area (Å²) >= 11 is 0. The van der Waals surface area contributed by atoms with Crippen LogP contribution in [-0.4, -0.2) is 29.1 Å². The van der Waals surface area contributed by atoms with Crippen molar-refractivity contribution < 1.29 is 9.90 Å². The number of nitrogens with zero attached hydrogens (tertiary/aromatic N) is 1. The fraction of sp³-hybridized carbons (Fsp3) is 0.500. The third-order valence-electron chi connectivity index (χ3n) is 2.34. The number of aliphatic hydroxyl groups excluding tert-OH is 1. The normalized spacial score (nSPS) is 10.1. The number of hydrogen-bond acceptors (Lipinski definition) is 3. The first-order valence-electron chi connectivity index (χ1n) is 5.56. The number of aryl methyl sites for hydroxylation is 1. The Morgan fingerprint density at radius 2 is 2.25 bits per heavy atom. The number of unbranched alkanes of at least 4 members (excludes halogenated alkanes) is 2. The zero-order valence-electron chi connectivity index (χ0n) is 9.57. The molecule has 1 heterocycles. The lowest BCUT2D eigenvalue weighted by molar-refractivity contribution is 0.0947. The Balaban J connectivity index is 2.33. The highest BCUT2D eigenvalue weighted by atomic mass is 16.2. The summed E-state index contributed by atoms with van der Waals surface area (Å²) < 4.78 is 0. The molecule has 4 nitrogen and oxygen atoms in total.